The number of benzene rings is 2. The monoisotopic (exact) mass is 402 g/mol. The molecule has 0 bridgehead atoms. The zero-order valence-electron chi connectivity index (χ0n) is 15.9. The fourth-order valence-electron chi connectivity index (χ4n) is 3.40. The molecule has 0 spiro atoms. The first-order chi connectivity index (χ1) is 13.6. The smallest absolute Gasteiger partial charge is 0.144 e. The van der Waals surface area contributed by atoms with Crippen molar-refractivity contribution < 1.29 is 9.13 Å². The third-order valence-electron chi connectivity index (χ3n) is 5.13. The predicted octanol–water partition coefficient (Wildman–Crippen LogP) is 4.04. The third kappa shape index (κ3) is 4.46. The fourth-order valence-corrected chi connectivity index (χ4v) is 3.56. The van der Waals surface area contributed by atoms with Crippen LogP contribution in [0.1, 0.15) is 6.42 Å². The number of likely N-dealkylation sites (N-methyl/N-ethyl adjacent to an activating group) is 1. The van der Waals surface area contributed by atoms with Crippen molar-refractivity contribution in [2.45, 2.75) is 6.42 Å². The molecule has 0 amide bonds. The van der Waals surface area contributed by atoms with E-state index >= 15 is 0 Å². The minimum atomic E-state index is -0.454. The van der Waals surface area contributed by atoms with Crippen molar-refractivity contribution in [3.8, 4) is 17.1 Å². The maximum atomic E-state index is 13.6. The number of hydrogen-bond acceptors (Lipinski definition) is 4. The molecule has 5 nitrogen and oxygen atoms in total. The van der Waals surface area contributed by atoms with Crippen molar-refractivity contribution in [1.82, 2.24) is 19.8 Å². The van der Waals surface area contributed by atoms with E-state index in [0.29, 0.717) is 23.5 Å². The molecule has 0 radical (unpaired) electrons. The number of nitrogens with zero attached hydrogens (tertiary/aromatic N) is 3. The van der Waals surface area contributed by atoms with E-state index < -0.39 is 5.82 Å². The van der Waals surface area contributed by atoms with Gasteiger partial charge in [-0.25, -0.2) is 9.37 Å². The number of rotatable bonds is 6. The molecule has 1 saturated heterocycles. The summed E-state index contributed by atoms with van der Waals surface area (Å²) in [6, 6.07) is 10.7. The lowest BCUT2D eigenvalue weighted by atomic mass is 10.2. The van der Waals surface area contributed by atoms with Crippen LogP contribution >= 0.6 is 11.6 Å². The van der Waals surface area contributed by atoms with E-state index in [-0.39, 0.29) is 5.02 Å². The average molecular weight is 403 g/mol. The van der Waals surface area contributed by atoms with Crippen LogP contribution in [0.15, 0.2) is 36.4 Å². The summed E-state index contributed by atoms with van der Waals surface area (Å²) in [6.45, 7) is 6.33. The van der Waals surface area contributed by atoms with Crippen molar-refractivity contribution in [3.63, 3.8) is 0 Å². The van der Waals surface area contributed by atoms with E-state index in [2.05, 4.69) is 26.8 Å². The Morgan fingerprint density at radius 3 is 2.64 bits per heavy atom. The molecule has 1 aliphatic rings. The summed E-state index contributed by atoms with van der Waals surface area (Å²) >= 11 is 5.83. The van der Waals surface area contributed by atoms with Crippen molar-refractivity contribution in [1.29, 1.82) is 0 Å². The Balaban J connectivity index is 1.31. The highest BCUT2D eigenvalue weighted by atomic mass is 35.5. The van der Waals surface area contributed by atoms with E-state index in [1.807, 2.05) is 24.3 Å². The van der Waals surface area contributed by atoms with Crippen molar-refractivity contribution in [2.75, 3.05) is 46.4 Å². The van der Waals surface area contributed by atoms with E-state index in [9.17, 15) is 4.39 Å². The standard InChI is InChI=1S/C21H24ClFN4O/c1-26-8-10-27(11-9-26)7-2-12-28-16-5-3-15(4-6-16)21-24-19-13-17(22)18(23)14-20(19)25-21/h3-6,13-14H,2,7-12H2,1H3,(H,24,25). The average Bonchev–Trinajstić information content (AvgIpc) is 3.10. The molecule has 3 aromatic rings. The zero-order chi connectivity index (χ0) is 19.5. The van der Waals surface area contributed by atoms with Gasteiger partial charge in [-0.3, -0.25) is 0 Å². The molecule has 4 rings (SSSR count). The number of fused-ring (bicyclic) bond motifs is 1. The first kappa shape index (κ1) is 19.2. The molecule has 0 atom stereocenters. The summed E-state index contributed by atoms with van der Waals surface area (Å²) in [7, 11) is 2.17. The minimum Gasteiger partial charge on any atom is -0.494 e. The number of hydrogen-bond donors (Lipinski definition) is 1. The van der Waals surface area contributed by atoms with Gasteiger partial charge in [-0.15, -0.1) is 0 Å². The summed E-state index contributed by atoms with van der Waals surface area (Å²) in [5.74, 6) is 1.07. The summed E-state index contributed by atoms with van der Waals surface area (Å²) in [5, 5.41) is 0.0749. The largest absolute Gasteiger partial charge is 0.494 e. The van der Waals surface area contributed by atoms with Crippen LogP contribution in [0.25, 0.3) is 22.4 Å². The van der Waals surface area contributed by atoms with Gasteiger partial charge < -0.3 is 19.5 Å². The Labute approximate surface area is 169 Å². The first-order valence-corrected chi connectivity index (χ1v) is 9.95. The molecule has 1 aliphatic heterocycles. The van der Waals surface area contributed by atoms with Gasteiger partial charge in [-0.05, 0) is 43.8 Å². The van der Waals surface area contributed by atoms with Gasteiger partial charge in [0.05, 0.1) is 22.7 Å². The van der Waals surface area contributed by atoms with Gasteiger partial charge in [0.2, 0.25) is 0 Å². The molecular formula is C21H24ClFN4O. The molecule has 7 heteroatoms. The third-order valence-corrected chi connectivity index (χ3v) is 5.42. The van der Waals surface area contributed by atoms with Crippen molar-refractivity contribution in [2.24, 2.45) is 0 Å². The molecule has 0 saturated carbocycles. The van der Waals surface area contributed by atoms with Crippen molar-refractivity contribution >= 4 is 22.6 Å². The second kappa shape index (κ2) is 8.47. The molecule has 1 N–H and O–H groups in total. The molecule has 1 aromatic heterocycles. The number of aromatic amines is 1. The number of piperazine rings is 1. The normalized spacial score (nSPS) is 16.0. The molecular weight excluding hydrogens is 379 g/mol. The lowest BCUT2D eigenvalue weighted by Crippen LogP contribution is -2.44. The number of halogens is 2. The van der Waals surface area contributed by atoms with E-state index in [4.69, 9.17) is 16.3 Å². The maximum absolute atomic E-state index is 13.6. The number of nitrogens with one attached hydrogen (secondary N) is 1. The number of aromatic nitrogens is 2. The SMILES string of the molecule is CN1CCN(CCCOc2ccc(-c3nc4cc(Cl)c(F)cc4[nH]3)cc2)CC1. The van der Waals surface area contributed by atoms with Gasteiger partial charge in [-0.2, -0.15) is 0 Å². The van der Waals surface area contributed by atoms with Crippen LogP contribution in [0.4, 0.5) is 4.39 Å². The van der Waals surface area contributed by atoms with Gasteiger partial charge in [0, 0.05) is 44.4 Å². The summed E-state index contributed by atoms with van der Waals surface area (Å²) < 4.78 is 19.5. The Hall–Kier alpha value is -2.15. The molecule has 148 valence electrons. The predicted molar refractivity (Wildman–Crippen MR) is 111 cm³/mol. The lowest BCUT2D eigenvalue weighted by molar-refractivity contribution is 0.145. The number of H-pyrrole nitrogens is 1. The van der Waals surface area contributed by atoms with Gasteiger partial charge in [0.1, 0.15) is 17.4 Å². The van der Waals surface area contributed by atoms with Crippen LogP contribution in [0.3, 0.4) is 0 Å². The maximum Gasteiger partial charge on any atom is 0.144 e. The second-order valence-electron chi connectivity index (χ2n) is 7.24. The van der Waals surface area contributed by atoms with Crippen LogP contribution in [-0.2, 0) is 0 Å². The first-order valence-electron chi connectivity index (χ1n) is 9.57. The van der Waals surface area contributed by atoms with Crippen LogP contribution in [0, 0.1) is 5.82 Å². The topological polar surface area (TPSA) is 44.4 Å². The Morgan fingerprint density at radius 1 is 1.14 bits per heavy atom. The quantitative estimate of drug-likeness (QED) is 0.632. The molecule has 2 aromatic carbocycles. The van der Waals surface area contributed by atoms with E-state index in [1.165, 1.54) is 12.1 Å². The molecule has 0 aliphatic carbocycles. The van der Waals surface area contributed by atoms with Crippen molar-refractivity contribution in [3.05, 3.63) is 47.2 Å². The minimum absolute atomic E-state index is 0.0749. The summed E-state index contributed by atoms with van der Waals surface area (Å²) in [4.78, 5) is 12.5. The molecule has 0 unspecified atom stereocenters. The van der Waals surface area contributed by atoms with Gasteiger partial charge in [0.25, 0.3) is 0 Å². The summed E-state index contributed by atoms with van der Waals surface area (Å²) in [5.41, 5.74) is 2.18. The zero-order valence-corrected chi connectivity index (χ0v) is 16.7. The fraction of sp³-hybridized carbons (Fsp3) is 0.381. The van der Waals surface area contributed by atoms with Crippen LogP contribution in [0.5, 0.6) is 5.75 Å². The molecule has 28 heavy (non-hydrogen) atoms. The molecule has 2 heterocycles. The molecule has 1 fully saturated rings. The van der Waals surface area contributed by atoms with Crippen LogP contribution in [0.2, 0.25) is 5.02 Å². The number of imidazole rings is 1. The Bertz CT molecular complexity index is 896. The highest BCUT2D eigenvalue weighted by molar-refractivity contribution is 6.31. The Morgan fingerprint density at radius 2 is 1.89 bits per heavy atom. The van der Waals surface area contributed by atoms with Crippen LogP contribution in [-0.4, -0.2) is 66.1 Å². The summed E-state index contributed by atoms with van der Waals surface area (Å²) in [6.07, 6.45) is 1.02. The Kier molecular flexibility index (Phi) is 5.80. The highest BCUT2D eigenvalue weighted by Gasteiger charge is 2.13. The highest BCUT2D eigenvalue weighted by Crippen LogP contribution is 2.26. The van der Waals surface area contributed by atoms with E-state index in [0.717, 1.165) is 50.5 Å². The van der Waals surface area contributed by atoms with Gasteiger partial charge in [0.15, 0.2) is 0 Å². The lowest BCUT2D eigenvalue weighted by Gasteiger charge is -2.32. The second-order valence-corrected chi connectivity index (χ2v) is 7.65. The van der Waals surface area contributed by atoms with Crippen LogP contribution < -0.4 is 4.74 Å². The van der Waals surface area contributed by atoms with Gasteiger partial charge in [-0.1, -0.05) is 11.6 Å². The number of ether oxygens (including phenoxy) is 1. The van der Waals surface area contributed by atoms with Gasteiger partial charge >= 0.3 is 0 Å². The van der Waals surface area contributed by atoms with E-state index in [1.54, 1.807) is 0 Å².